The third-order valence-electron chi connectivity index (χ3n) is 9.41. The monoisotopic (exact) mass is 674 g/mol. The van der Waals surface area contributed by atoms with Gasteiger partial charge in [-0.1, -0.05) is 48.0 Å². The van der Waals surface area contributed by atoms with E-state index in [-0.39, 0.29) is 48.9 Å². The van der Waals surface area contributed by atoms with E-state index in [1.807, 2.05) is 41.5 Å². The fraction of sp³-hybridized carbons (Fsp3) is 0.686. The molecule has 6 atom stereocenters. The Hall–Kier alpha value is -3.77. The molecule has 0 spiro atoms. The van der Waals surface area contributed by atoms with E-state index in [1.54, 1.807) is 18.2 Å². The summed E-state index contributed by atoms with van der Waals surface area (Å²) < 4.78 is 55.2. The first-order valence-corrected chi connectivity index (χ1v) is 17.0. The Bertz CT molecular complexity index is 1510. The maximum atomic E-state index is 16.1. The normalized spacial score (nSPS) is 27.9. The highest BCUT2D eigenvalue weighted by Gasteiger charge is 2.53. The molecular weight excluding hydrogens is 626 g/mol. The van der Waals surface area contributed by atoms with Crippen molar-refractivity contribution in [3.63, 3.8) is 0 Å². The second-order valence-corrected chi connectivity index (χ2v) is 14.8. The Morgan fingerprint density at radius 2 is 1.88 bits per heavy atom. The van der Waals surface area contributed by atoms with Gasteiger partial charge in [-0.25, -0.2) is 19.6 Å². The van der Waals surface area contributed by atoms with Crippen molar-refractivity contribution in [3.05, 3.63) is 23.9 Å². The van der Waals surface area contributed by atoms with Gasteiger partial charge in [0.25, 0.3) is 5.92 Å². The number of alkyl carbamates (subject to hydrolysis) is 1. The molecule has 11 nitrogen and oxygen atoms in total. The van der Waals surface area contributed by atoms with Crippen molar-refractivity contribution in [1.29, 1.82) is 0 Å². The first kappa shape index (κ1) is 35.5. The van der Waals surface area contributed by atoms with Crippen LogP contribution in [-0.2, 0) is 25.0 Å². The smallest absolute Gasteiger partial charge is 0.408 e. The molecule has 5 rings (SSSR count). The van der Waals surface area contributed by atoms with Crippen LogP contribution < -0.4 is 14.8 Å². The molecule has 1 aromatic heterocycles. The summed E-state index contributed by atoms with van der Waals surface area (Å²) in [5.41, 5.74) is -0.807. The number of hydrogen-bond acceptors (Lipinski definition) is 9. The fourth-order valence-corrected chi connectivity index (χ4v) is 6.60. The van der Waals surface area contributed by atoms with E-state index >= 15 is 8.78 Å². The minimum Gasteiger partial charge on any atom is -0.497 e. The second-order valence-electron chi connectivity index (χ2n) is 14.8. The van der Waals surface area contributed by atoms with Crippen LogP contribution in [0.1, 0.15) is 85.8 Å². The molecule has 1 saturated carbocycles. The lowest BCUT2D eigenvalue weighted by atomic mass is 9.85. The molecule has 2 fully saturated rings. The van der Waals surface area contributed by atoms with Crippen molar-refractivity contribution in [1.82, 2.24) is 20.2 Å². The third kappa shape index (κ3) is 7.75. The van der Waals surface area contributed by atoms with Crippen LogP contribution in [-0.4, -0.2) is 77.4 Å². The molecule has 3 heterocycles. The largest absolute Gasteiger partial charge is 0.497 e. The molecule has 6 unspecified atom stereocenters. The third-order valence-corrected chi connectivity index (χ3v) is 9.41. The Morgan fingerprint density at radius 1 is 1.12 bits per heavy atom. The zero-order valence-electron chi connectivity index (χ0n) is 28.9. The van der Waals surface area contributed by atoms with Gasteiger partial charge < -0.3 is 29.2 Å². The number of benzene rings is 1. The first-order chi connectivity index (χ1) is 22.6. The van der Waals surface area contributed by atoms with E-state index in [1.165, 1.54) is 12.0 Å². The average molecular weight is 675 g/mol. The molecule has 1 aromatic carbocycles. The van der Waals surface area contributed by atoms with Crippen molar-refractivity contribution in [2.75, 3.05) is 20.3 Å². The van der Waals surface area contributed by atoms with E-state index in [4.69, 9.17) is 18.9 Å². The Kier molecular flexibility index (Phi) is 10.4. The summed E-state index contributed by atoms with van der Waals surface area (Å²) in [6, 6.07) is 2.63. The van der Waals surface area contributed by atoms with Gasteiger partial charge in [0.05, 0.1) is 31.3 Å². The highest BCUT2D eigenvalue weighted by atomic mass is 19.3. The van der Waals surface area contributed by atoms with E-state index < -0.39 is 65.5 Å². The number of rotatable bonds is 5. The van der Waals surface area contributed by atoms with Crippen molar-refractivity contribution in [2.24, 2.45) is 23.2 Å². The van der Waals surface area contributed by atoms with Crippen LogP contribution in [0, 0.1) is 23.2 Å². The highest BCUT2D eigenvalue weighted by molar-refractivity contribution is 5.91. The van der Waals surface area contributed by atoms with E-state index in [9.17, 15) is 14.4 Å². The van der Waals surface area contributed by atoms with Gasteiger partial charge in [-0.15, -0.1) is 0 Å². The molecule has 1 aliphatic carbocycles. The number of nitrogens with one attached hydrogen (secondary N) is 1. The van der Waals surface area contributed by atoms with Crippen molar-refractivity contribution >= 4 is 29.0 Å². The topological polar surface area (TPSA) is 129 Å². The van der Waals surface area contributed by atoms with Crippen LogP contribution in [0.15, 0.2) is 18.2 Å². The van der Waals surface area contributed by atoms with Gasteiger partial charge in [0.2, 0.25) is 11.8 Å². The fourth-order valence-electron chi connectivity index (χ4n) is 6.60. The summed E-state index contributed by atoms with van der Waals surface area (Å²) in [6.07, 6.45) is -0.144. The van der Waals surface area contributed by atoms with E-state index in [0.29, 0.717) is 36.9 Å². The number of amides is 2. The number of carbonyl (C=O) groups excluding carboxylic acids is 3. The molecular formula is C35H48F2N4O7. The number of ether oxygens (including phenoxy) is 4. The number of methoxy groups -OCH3 is 1. The quantitative estimate of drug-likeness (QED) is 0.379. The lowest BCUT2D eigenvalue weighted by molar-refractivity contribution is -0.157. The molecule has 13 heteroatoms. The standard InChI is InChI=1S/C35H48F2N4O7/c1-8-22-26-17-41(27(22)32(43)46-18-19(2)3)31(42)29(34(4,5)6)40-33(44)48-25-15-20(25)11-9-10-14-35(36,37)28-30(47-26)39-24-16-21(45-7)12-13-23(24)38-28/h12-13,16,19-20,22,25-27,29H,8-11,14-15,17-18H2,1-7H3,(H,40,44). The van der Waals surface area contributed by atoms with Crippen LogP contribution in [0.5, 0.6) is 11.6 Å². The molecule has 2 bridgehead atoms. The predicted octanol–water partition coefficient (Wildman–Crippen LogP) is 6.02. The number of aromatic nitrogens is 2. The minimum atomic E-state index is -3.38. The maximum Gasteiger partial charge on any atom is 0.408 e. The van der Waals surface area contributed by atoms with Gasteiger partial charge in [-0.2, -0.15) is 8.78 Å². The predicted molar refractivity (Wildman–Crippen MR) is 173 cm³/mol. The van der Waals surface area contributed by atoms with Crippen LogP contribution in [0.25, 0.3) is 11.0 Å². The molecule has 1 saturated heterocycles. The number of hydrogen-bond donors (Lipinski definition) is 1. The number of halogens is 2. The molecule has 3 aliphatic rings. The molecule has 2 amide bonds. The number of nitrogens with zero attached hydrogens (tertiary/aromatic N) is 3. The van der Waals surface area contributed by atoms with Gasteiger partial charge >= 0.3 is 12.1 Å². The van der Waals surface area contributed by atoms with Gasteiger partial charge in [-0.3, -0.25) is 4.79 Å². The number of esters is 1. The zero-order chi connectivity index (χ0) is 35.0. The highest BCUT2D eigenvalue weighted by Crippen LogP contribution is 2.43. The van der Waals surface area contributed by atoms with Crippen LogP contribution in [0.2, 0.25) is 0 Å². The lowest BCUT2D eigenvalue weighted by Crippen LogP contribution is -2.57. The van der Waals surface area contributed by atoms with Crippen LogP contribution >= 0.6 is 0 Å². The summed E-state index contributed by atoms with van der Waals surface area (Å²) in [5, 5.41) is 2.77. The van der Waals surface area contributed by atoms with Crippen molar-refractivity contribution in [2.45, 2.75) is 110 Å². The molecule has 0 radical (unpaired) electrons. The lowest BCUT2D eigenvalue weighted by Gasteiger charge is -2.35. The molecule has 2 aliphatic heterocycles. The Morgan fingerprint density at radius 3 is 2.54 bits per heavy atom. The minimum absolute atomic E-state index is 0.0361. The van der Waals surface area contributed by atoms with Gasteiger partial charge in [-0.05, 0) is 55.1 Å². The van der Waals surface area contributed by atoms with Crippen LogP contribution in [0.3, 0.4) is 0 Å². The molecule has 2 aromatic rings. The van der Waals surface area contributed by atoms with Crippen LogP contribution in [0.4, 0.5) is 13.6 Å². The summed E-state index contributed by atoms with van der Waals surface area (Å²) in [5.74, 6) is -4.96. The average Bonchev–Trinajstić information content (AvgIpc) is 3.65. The number of fused-ring (bicyclic) bond motifs is 5. The number of carbonyl (C=O) groups is 3. The molecule has 48 heavy (non-hydrogen) atoms. The number of alkyl halides is 2. The van der Waals surface area contributed by atoms with Gasteiger partial charge in [0, 0.05) is 18.4 Å². The second kappa shape index (κ2) is 14.0. The van der Waals surface area contributed by atoms with Crippen molar-refractivity contribution in [3.8, 4) is 11.6 Å². The zero-order valence-corrected chi connectivity index (χ0v) is 28.9. The first-order valence-electron chi connectivity index (χ1n) is 17.0. The van der Waals surface area contributed by atoms with Gasteiger partial charge in [0.1, 0.15) is 30.0 Å². The van der Waals surface area contributed by atoms with E-state index in [2.05, 4.69) is 15.3 Å². The maximum absolute atomic E-state index is 16.1. The SMILES string of the molecule is CCC1C2CN(C(=O)C(C(C)(C)C)NC(=O)OC3CC3CCCCC(F)(F)c3nc4ccc(OC)cc4nc3O2)C1C(=O)OCC(C)C. The van der Waals surface area contributed by atoms with E-state index in [0.717, 1.165) is 0 Å². The molecule has 264 valence electrons. The Balaban J connectivity index is 1.60. The summed E-state index contributed by atoms with van der Waals surface area (Å²) in [7, 11) is 1.49. The van der Waals surface area contributed by atoms with Gasteiger partial charge in [0.15, 0.2) is 5.69 Å². The Labute approximate surface area is 280 Å². The summed E-state index contributed by atoms with van der Waals surface area (Å²) in [4.78, 5) is 51.5. The summed E-state index contributed by atoms with van der Waals surface area (Å²) in [6.45, 7) is 11.1. The van der Waals surface area contributed by atoms with Crippen molar-refractivity contribution < 1.29 is 42.1 Å². The summed E-state index contributed by atoms with van der Waals surface area (Å²) >= 11 is 0. The molecule has 1 N–H and O–H groups in total.